The van der Waals surface area contributed by atoms with E-state index in [2.05, 4.69) is 9.97 Å². The van der Waals surface area contributed by atoms with Crippen LogP contribution in [-0.4, -0.2) is 21.0 Å². The van der Waals surface area contributed by atoms with Gasteiger partial charge in [0.1, 0.15) is 11.4 Å². The molecule has 0 amide bonds. The predicted octanol–water partition coefficient (Wildman–Crippen LogP) is 2.29. The number of hydrogen-bond donors (Lipinski definition) is 2. The Morgan fingerprint density at radius 2 is 1.85 bits per heavy atom. The molecule has 0 saturated heterocycles. The molecule has 1 aromatic heterocycles. The molecule has 0 saturated carbocycles. The van der Waals surface area contributed by atoms with Gasteiger partial charge in [-0.2, -0.15) is 0 Å². The summed E-state index contributed by atoms with van der Waals surface area (Å²) >= 11 is 0. The average Bonchev–Trinajstić information content (AvgIpc) is 2.46. The number of aromatic carboxylic acids is 1. The van der Waals surface area contributed by atoms with Crippen LogP contribution in [0, 0.1) is 0 Å². The van der Waals surface area contributed by atoms with Gasteiger partial charge in [-0.25, -0.2) is 9.78 Å². The first kappa shape index (κ1) is 12.1. The number of nitrogens with zero attached hydrogens (tertiary/aromatic N) is 1. The number of carboxylic acid groups (broad SMARTS) is 1. The van der Waals surface area contributed by atoms with Gasteiger partial charge in [0.15, 0.2) is 0 Å². The molecule has 0 atom stereocenters. The topological polar surface area (TPSA) is 83.0 Å². The van der Waals surface area contributed by atoms with Crippen LogP contribution >= 0.6 is 0 Å². The van der Waals surface area contributed by atoms with Crippen molar-refractivity contribution in [2.24, 2.45) is 0 Å². The van der Waals surface area contributed by atoms with Crippen LogP contribution < -0.4 is 5.56 Å². The first-order valence-electron chi connectivity index (χ1n) is 5.97. The molecule has 0 bridgehead atoms. The second-order valence-electron chi connectivity index (χ2n) is 4.34. The van der Waals surface area contributed by atoms with Crippen LogP contribution in [0.1, 0.15) is 10.4 Å². The smallest absolute Gasteiger partial charge is 0.342 e. The highest BCUT2D eigenvalue weighted by atomic mass is 16.4. The number of benzene rings is 2. The summed E-state index contributed by atoms with van der Waals surface area (Å²) in [5.74, 6) is -0.936. The van der Waals surface area contributed by atoms with E-state index in [1.54, 1.807) is 0 Å². The Bertz CT molecular complexity index is 868. The fourth-order valence-corrected chi connectivity index (χ4v) is 2.03. The molecule has 20 heavy (non-hydrogen) atoms. The first-order chi connectivity index (χ1) is 9.65. The van der Waals surface area contributed by atoms with Crippen LogP contribution in [0.25, 0.3) is 22.2 Å². The molecule has 3 rings (SSSR count). The summed E-state index contributed by atoms with van der Waals surface area (Å²) in [5.41, 5.74) is -0.289. The molecular formula is C15H10N2O3. The number of aromatic amines is 1. The fourth-order valence-electron chi connectivity index (χ4n) is 2.03. The minimum absolute atomic E-state index is 0.353. The Hall–Kier alpha value is -2.95. The minimum Gasteiger partial charge on any atom is -0.477 e. The van der Waals surface area contributed by atoms with Crippen molar-refractivity contribution in [2.45, 2.75) is 0 Å². The van der Waals surface area contributed by atoms with Crippen molar-refractivity contribution >= 4 is 16.7 Å². The Morgan fingerprint density at radius 1 is 1.10 bits per heavy atom. The van der Waals surface area contributed by atoms with Crippen molar-refractivity contribution in [3.63, 3.8) is 0 Å². The van der Waals surface area contributed by atoms with Crippen LogP contribution in [0.4, 0.5) is 0 Å². The highest BCUT2D eigenvalue weighted by Gasteiger charge is 2.10. The molecule has 0 unspecified atom stereocenters. The molecular weight excluding hydrogens is 256 g/mol. The molecule has 1 heterocycles. The van der Waals surface area contributed by atoms with E-state index in [1.165, 1.54) is 0 Å². The lowest BCUT2D eigenvalue weighted by Crippen LogP contribution is -2.18. The fraction of sp³-hybridized carbons (Fsp3) is 0. The summed E-state index contributed by atoms with van der Waals surface area (Å²) in [4.78, 5) is 28.9. The zero-order chi connectivity index (χ0) is 14.1. The van der Waals surface area contributed by atoms with Crippen molar-refractivity contribution < 1.29 is 9.90 Å². The molecule has 0 fully saturated rings. The van der Waals surface area contributed by atoms with E-state index in [4.69, 9.17) is 5.11 Å². The zero-order valence-corrected chi connectivity index (χ0v) is 10.3. The first-order valence-corrected chi connectivity index (χ1v) is 5.97. The van der Waals surface area contributed by atoms with E-state index < -0.39 is 11.5 Å². The number of carbonyl (C=O) groups is 1. The number of carboxylic acids is 1. The molecule has 0 aliphatic heterocycles. The SMILES string of the molecule is O=C(O)c1cnc(-c2ccc3ccccc3c2)[nH]c1=O. The van der Waals surface area contributed by atoms with Gasteiger partial charge in [-0.1, -0.05) is 36.4 Å². The Kier molecular flexibility index (Phi) is 2.80. The molecule has 2 aromatic carbocycles. The number of aromatic nitrogens is 2. The van der Waals surface area contributed by atoms with E-state index in [1.807, 2.05) is 42.5 Å². The van der Waals surface area contributed by atoms with Crippen LogP contribution in [-0.2, 0) is 0 Å². The zero-order valence-electron chi connectivity index (χ0n) is 10.3. The maximum absolute atomic E-state index is 11.6. The second kappa shape index (κ2) is 4.62. The van der Waals surface area contributed by atoms with Gasteiger partial charge in [0.2, 0.25) is 0 Å². The summed E-state index contributed by atoms with van der Waals surface area (Å²) in [7, 11) is 0. The summed E-state index contributed by atoms with van der Waals surface area (Å²) in [6.07, 6.45) is 1.08. The lowest BCUT2D eigenvalue weighted by atomic mass is 10.1. The number of fused-ring (bicyclic) bond motifs is 1. The van der Waals surface area contributed by atoms with Gasteiger partial charge in [0.25, 0.3) is 5.56 Å². The number of rotatable bonds is 2. The number of hydrogen-bond acceptors (Lipinski definition) is 3. The van der Waals surface area contributed by atoms with E-state index in [0.717, 1.165) is 22.5 Å². The third-order valence-corrected chi connectivity index (χ3v) is 3.05. The number of nitrogens with one attached hydrogen (secondary N) is 1. The van der Waals surface area contributed by atoms with Gasteiger partial charge in [-0.3, -0.25) is 4.79 Å². The molecule has 0 aliphatic rings. The summed E-state index contributed by atoms with van der Waals surface area (Å²) in [6, 6.07) is 13.5. The van der Waals surface area contributed by atoms with Crippen molar-refractivity contribution in [1.29, 1.82) is 0 Å². The minimum atomic E-state index is -1.29. The summed E-state index contributed by atoms with van der Waals surface area (Å²) < 4.78 is 0. The van der Waals surface area contributed by atoms with Gasteiger partial charge in [-0.05, 0) is 16.8 Å². The van der Waals surface area contributed by atoms with Crippen molar-refractivity contribution in [3.05, 3.63) is 64.6 Å². The quantitative estimate of drug-likeness (QED) is 0.745. The molecule has 5 heteroatoms. The Morgan fingerprint density at radius 3 is 2.55 bits per heavy atom. The van der Waals surface area contributed by atoms with E-state index in [-0.39, 0.29) is 5.56 Å². The van der Waals surface area contributed by atoms with Crippen LogP contribution in [0.5, 0.6) is 0 Å². The van der Waals surface area contributed by atoms with E-state index >= 15 is 0 Å². The maximum atomic E-state index is 11.6. The number of H-pyrrole nitrogens is 1. The Labute approximate surface area is 113 Å². The Balaban J connectivity index is 2.13. The summed E-state index contributed by atoms with van der Waals surface area (Å²) in [5, 5.41) is 10.9. The van der Waals surface area contributed by atoms with Crippen molar-refractivity contribution in [3.8, 4) is 11.4 Å². The molecule has 5 nitrogen and oxygen atoms in total. The van der Waals surface area contributed by atoms with E-state index in [0.29, 0.717) is 5.82 Å². The van der Waals surface area contributed by atoms with E-state index in [9.17, 15) is 9.59 Å². The molecule has 0 spiro atoms. The van der Waals surface area contributed by atoms with Gasteiger partial charge >= 0.3 is 5.97 Å². The van der Waals surface area contributed by atoms with Gasteiger partial charge in [-0.15, -0.1) is 0 Å². The average molecular weight is 266 g/mol. The molecule has 0 aliphatic carbocycles. The van der Waals surface area contributed by atoms with Gasteiger partial charge in [0.05, 0.1) is 0 Å². The molecule has 2 N–H and O–H groups in total. The molecule has 3 aromatic rings. The summed E-state index contributed by atoms with van der Waals surface area (Å²) in [6.45, 7) is 0. The van der Waals surface area contributed by atoms with Crippen molar-refractivity contribution in [1.82, 2.24) is 9.97 Å². The lowest BCUT2D eigenvalue weighted by Gasteiger charge is -2.03. The highest BCUT2D eigenvalue weighted by Crippen LogP contribution is 2.21. The largest absolute Gasteiger partial charge is 0.477 e. The van der Waals surface area contributed by atoms with Crippen LogP contribution in [0.3, 0.4) is 0 Å². The maximum Gasteiger partial charge on any atom is 0.342 e. The monoisotopic (exact) mass is 266 g/mol. The third kappa shape index (κ3) is 2.05. The van der Waals surface area contributed by atoms with Crippen molar-refractivity contribution in [2.75, 3.05) is 0 Å². The van der Waals surface area contributed by atoms with Gasteiger partial charge in [0, 0.05) is 11.8 Å². The highest BCUT2D eigenvalue weighted by molar-refractivity contribution is 5.88. The normalized spacial score (nSPS) is 10.6. The molecule has 0 radical (unpaired) electrons. The van der Waals surface area contributed by atoms with Crippen LogP contribution in [0.15, 0.2) is 53.5 Å². The standard InChI is InChI=1S/C15H10N2O3/c18-14-12(15(19)20)8-16-13(17-14)11-6-5-9-3-1-2-4-10(9)7-11/h1-8H,(H,19,20)(H,16,17,18). The predicted molar refractivity (Wildman–Crippen MR) is 74.8 cm³/mol. The third-order valence-electron chi connectivity index (χ3n) is 3.05. The van der Waals surface area contributed by atoms with Crippen LogP contribution in [0.2, 0.25) is 0 Å². The lowest BCUT2D eigenvalue weighted by molar-refractivity contribution is 0.0694. The second-order valence-corrected chi connectivity index (χ2v) is 4.34. The van der Waals surface area contributed by atoms with Gasteiger partial charge < -0.3 is 10.1 Å². The molecule has 98 valence electrons.